The predicted molar refractivity (Wildman–Crippen MR) is 58.5 cm³/mol. The van der Waals surface area contributed by atoms with Gasteiger partial charge >= 0.3 is 0 Å². The molecule has 0 radical (unpaired) electrons. The van der Waals surface area contributed by atoms with Crippen molar-refractivity contribution in [3.63, 3.8) is 0 Å². The molecule has 1 aromatic rings. The van der Waals surface area contributed by atoms with Gasteiger partial charge in [0.25, 0.3) is 0 Å². The molecule has 1 N–H and O–H groups in total. The Hall–Kier alpha value is -1.09. The highest BCUT2D eigenvalue weighted by Gasteiger charge is 2.10. The quantitative estimate of drug-likeness (QED) is 0.798. The summed E-state index contributed by atoms with van der Waals surface area (Å²) in [7, 11) is 1.71. The smallest absolute Gasteiger partial charge is 0.126 e. The van der Waals surface area contributed by atoms with Crippen LogP contribution < -0.4 is 5.32 Å². The average Bonchev–Trinajstić information content (AvgIpc) is 2.16. The summed E-state index contributed by atoms with van der Waals surface area (Å²) < 4.78 is 5.22. The molecule has 1 aromatic heterocycles. The number of aryl methyl sites for hydroxylation is 1. The van der Waals surface area contributed by atoms with Crippen LogP contribution in [0.4, 0.5) is 5.82 Å². The molecule has 78 valence electrons. The molecule has 0 fully saturated rings. The van der Waals surface area contributed by atoms with Gasteiger partial charge in [0, 0.05) is 12.8 Å². The lowest BCUT2D eigenvalue weighted by Gasteiger charge is -2.20. The van der Waals surface area contributed by atoms with Gasteiger partial charge in [-0.2, -0.15) is 0 Å². The van der Waals surface area contributed by atoms with Crippen molar-refractivity contribution < 1.29 is 4.74 Å². The third-order valence-electron chi connectivity index (χ3n) is 2.34. The van der Waals surface area contributed by atoms with Crippen molar-refractivity contribution in [2.75, 3.05) is 12.4 Å². The summed E-state index contributed by atoms with van der Waals surface area (Å²) in [6.45, 7) is 6.10. The van der Waals surface area contributed by atoms with Crippen LogP contribution in [-0.2, 0) is 4.74 Å². The monoisotopic (exact) mass is 194 g/mol. The average molecular weight is 194 g/mol. The molecule has 2 atom stereocenters. The van der Waals surface area contributed by atoms with Crippen molar-refractivity contribution in [3.8, 4) is 0 Å². The second-order valence-electron chi connectivity index (χ2n) is 3.54. The zero-order chi connectivity index (χ0) is 10.6. The normalized spacial score (nSPS) is 14.9. The maximum atomic E-state index is 5.22. The molecule has 0 aliphatic carbocycles. The molecule has 1 heterocycles. The maximum absolute atomic E-state index is 5.22. The second-order valence-corrected chi connectivity index (χ2v) is 3.54. The molecule has 0 aromatic carbocycles. The molecule has 2 unspecified atom stereocenters. The molecule has 3 heteroatoms. The summed E-state index contributed by atoms with van der Waals surface area (Å²) in [5, 5.41) is 3.30. The first-order valence-corrected chi connectivity index (χ1v) is 4.86. The number of hydrogen-bond donors (Lipinski definition) is 1. The fraction of sp³-hybridized carbons (Fsp3) is 0.545. The number of hydrogen-bond acceptors (Lipinski definition) is 3. The molecule has 0 saturated heterocycles. The van der Waals surface area contributed by atoms with Gasteiger partial charge in [-0.3, -0.25) is 0 Å². The van der Waals surface area contributed by atoms with E-state index in [4.69, 9.17) is 4.74 Å². The molecular formula is C11H18N2O. The summed E-state index contributed by atoms with van der Waals surface area (Å²) in [5.74, 6) is 0.904. The fourth-order valence-electron chi connectivity index (χ4n) is 1.18. The van der Waals surface area contributed by atoms with Crippen molar-refractivity contribution in [1.82, 2.24) is 4.98 Å². The van der Waals surface area contributed by atoms with Gasteiger partial charge in [0.1, 0.15) is 5.82 Å². The highest BCUT2D eigenvalue weighted by Crippen LogP contribution is 2.08. The number of nitrogens with one attached hydrogen (secondary N) is 1. The topological polar surface area (TPSA) is 34.1 Å². The van der Waals surface area contributed by atoms with Crippen LogP contribution in [0.2, 0.25) is 0 Å². The van der Waals surface area contributed by atoms with Crippen LogP contribution in [0.1, 0.15) is 19.5 Å². The fourth-order valence-corrected chi connectivity index (χ4v) is 1.18. The summed E-state index contributed by atoms with van der Waals surface area (Å²) in [4.78, 5) is 4.36. The summed E-state index contributed by atoms with van der Waals surface area (Å²) in [6, 6.07) is 6.20. The van der Waals surface area contributed by atoms with Crippen LogP contribution in [0, 0.1) is 6.92 Å². The van der Waals surface area contributed by atoms with E-state index >= 15 is 0 Å². The Morgan fingerprint density at radius 3 is 2.64 bits per heavy atom. The molecule has 1 rings (SSSR count). The SMILES string of the molecule is COC(C)C(C)Nc1cccc(C)n1. The Morgan fingerprint density at radius 2 is 2.07 bits per heavy atom. The zero-order valence-electron chi connectivity index (χ0n) is 9.24. The largest absolute Gasteiger partial charge is 0.380 e. The predicted octanol–water partition coefficient (Wildman–Crippen LogP) is 2.23. The number of nitrogens with zero attached hydrogens (tertiary/aromatic N) is 1. The van der Waals surface area contributed by atoms with Crippen LogP contribution in [0.15, 0.2) is 18.2 Å². The van der Waals surface area contributed by atoms with E-state index < -0.39 is 0 Å². The number of pyridine rings is 1. The van der Waals surface area contributed by atoms with E-state index in [1.807, 2.05) is 32.0 Å². The molecule has 0 aliphatic heterocycles. The Bertz CT molecular complexity index is 288. The lowest BCUT2D eigenvalue weighted by Crippen LogP contribution is -2.30. The highest BCUT2D eigenvalue weighted by atomic mass is 16.5. The van der Waals surface area contributed by atoms with Crippen LogP contribution >= 0.6 is 0 Å². The van der Waals surface area contributed by atoms with Gasteiger partial charge in [-0.15, -0.1) is 0 Å². The first kappa shape index (κ1) is 11.0. The number of aromatic nitrogens is 1. The molecule has 0 spiro atoms. The van der Waals surface area contributed by atoms with Crippen LogP contribution in [0.3, 0.4) is 0 Å². The lowest BCUT2D eigenvalue weighted by atomic mass is 10.2. The molecular weight excluding hydrogens is 176 g/mol. The van der Waals surface area contributed by atoms with Crippen LogP contribution in [0.25, 0.3) is 0 Å². The Morgan fingerprint density at radius 1 is 1.36 bits per heavy atom. The molecule has 0 amide bonds. The van der Waals surface area contributed by atoms with Gasteiger partial charge in [0.2, 0.25) is 0 Å². The Balaban J connectivity index is 2.60. The Labute approximate surface area is 85.5 Å². The molecule has 0 bridgehead atoms. The van der Waals surface area contributed by atoms with Gasteiger partial charge in [-0.25, -0.2) is 4.98 Å². The van der Waals surface area contributed by atoms with E-state index in [0.717, 1.165) is 11.5 Å². The van der Waals surface area contributed by atoms with E-state index in [0.29, 0.717) is 0 Å². The van der Waals surface area contributed by atoms with E-state index in [1.54, 1.807) is 7.11 Å². The van der Waals surface area contributed by atoms with E-state index in [1.165, 1.54) is 0 Å². The Kier molecular flexibility index (Phi) is 3.89. The lowest BCUT2D eigenvalue weighted by molar-refractivity contribution is 0.106. The van der Waals surface area contributed by atoms with Crippen molar-refractivity contribution in [2.45, 2.75) is 32.9 Å². The molecule has 3 nitrogen and oxygen atoms in total. The van der Waals surface area contributed by atoms with E-state index in [-0.39, 0.29) is 12.1 Å². The van der Waals surface area contributed by atoms with Crippen LogP contribution in [0.5, 0.6) is 0 Å². The van der Waals surface area contributed by atoms with E-state index in [2.05, 4.69) is 17.2 Å². The van der Waals surface area contributed by atoms with E-state index in [9.17, 15) is 0 Å². The van der Waals surface area contributed by atoms with Crippen molar-refractivity contribution >= 4 is 5.82 Å². The van der Waals surface area contributed by atoms with Gasteiger partial charge in [0.05, 0.1) is 12.1 Å². The minimum Gasteiger partial charge on any atom is -0.380 e. The summed E-state index contributed by atoms with van der Waals surface area (Å²) in [5.41, 5.74) is 1.02. The highest BCUT2D eigenvalue weighted by molar-refractivity contribution is 5.36. The number of rotatable bonds is 4. The minimum absolute atomic E-state index is 0.178. The van der Waals surface area contributed by atoms with Gasteiger partial charge in [0.15, 0.2) is 0 Å². The molecule has 0 aliphatic rings. The third-order valence-corrected chi connectivity index (χ3v) is 2.34. The maximum Gasteiger partial charge on any atom is 0.126 e. The number of anilines is 1. The minimum atomic E-state index is 0.178. The number of ether oxygens (including phenoxy) is 1. The zero-order valence-corrected chi connectivity index (χ0v) is 9.24. The molecule has 14 heavy (non-hydrogen) atoms. The summed E-state index contributed by atoms with van der Waals surface area (Å²) >= 11 is 0. The van der Waals surface area contributed by atoms with Crippen molar-refractivity contribution in [3.05, 3.63) is 23.9 Å². The van der Waals surface area contributed by atoms with Gasteiger partial charge < -0.3 is 10.1 Å². The van der Waals surface area contributed by atoms with Crippen molar-refractivity contribution in [2.24, 2.45) is 0 Å². The second kappa shape index (κ2) is 4.96. The number of methoxy groups -OCH3 is 1. The van der Waals surface area contributed by atoms with Crippen LogP contribution in [-0.4, -0.2) is 24.2 Å². The summed E-state index contributed by atoms with van der Waals surface area (Å²) in [6.07, 6.45) is 0.178. The first-order chi connectivity index (χ1) is 6.63. The first-order valence-electron chi connectivity index (χ1n) is 4.86. The third kappa shape index (κ3) is 3.00. The van der Waals surface area contributed by atoms with Crippen molar-refractivity contribution in [1.29, 1.82) is 0 Å². The standard InChI is InChI=1S/C11H18N2O/c1-8-6-5-7-11(12-8)13-9(2)10(3)14-4/h5-7,9-10H,1-4H3,(H,12,13). The van der Waals surface area contributed by atoms with Gasteiger partial charge in [-0.05, 0) is 32.9 Å². The molecule has 0 saturated carbocycles. The van der Waals surface area contributed by atoms with Gasteiger partial charge in [-0.1, -0.05) is 6.07 Å².